The highest BCUT2D eigenvalue weighted by atomic mass is 79.9. The molecule has 5 nitrogen and oxygen atoms in total. The van der Waals surface area contributed by atoms with Gasteiger partial charge >= 0.3 is 5.97 Å². The molecule has 0 spiro atoms. The lowest BCUT2D eigenvalue weighted by atomic mass is 10.0. The topological polar surface area (TPSA) is 75.6 Å². The van der Waals surface area contributed by atoms with Crippen LogP contribution in [0.15, 0.2) is 40.9 Å². The molecule has 0 saturated heterocycles. The third-order valence-corrected chi connectivity index (χ3v) is 5.06. The first kappa shape index (κ1) is 21.8. The van der Waals surface area contributed by atoms with Crippen LogP contribution in [0.4, 0.5) is 5.69 Å². The molecule has 2 rings (SSSR count). The van der Waals surface area contributed by atoms with E-state index >= 15 is 0 Å². The number of halogens is 4. The van der Waals surface area contributed by atoms with Crippen LogP contribution in [0.5, 0.6) is 11.5 Å². The third kappa shape index (κ3) is 5.75. The van der Waals surface area contributed by atoms with E-state index in [4.69, 9.17) is 39.5 Å². The minimum Gasteiger partial charge on any atom is -0.481 e. The molecule has 0 fully saturated rings. The SMILES string of the molecule is CC(Cl)C(=O)Nc1ccc(Oc2ccc(C(CCl)C(=O)O)cc2Cl)cc1Br. The quantitative estimate of drug-likeness (QED) is 0.471. The minimum absolute atomic E-state index is 0.0626. The number of ether oxygens (including phenoxy) is 1. The summed E-state index contributed by atoms with van der Waals surface area (Å²) in [4.78, 5) is 22.9. The lowest BCUT2D eigenvalue weighted by Gasteiger charge is -2.14. The second-order valence-corrected chi connectivity index (χ2v) is 7.81. The zero-order valence-corrected chi connectivity index (χ0v) is 17.9. The van der Waals surface area contributed by atoms with Gasteiger partial charge in [0.15, 0.2) is 0 Å². The van der Waals surface area contributed by atoms with E-state index in [9.17, 15) is 14.7 Å². The van der Waals surface area contributed by atoms with Crippen molar-refractivity contribution in [1.29, 1.82) is 0 Å². The molecule has 0 aliphatic carbocycles. The predicted molar refractivity (Wildman–Crippen MR) is 111 cm³/mol. The molecule has 144 valence electrons. The Hall–Kier alpha value is -1.47. The van der Waals surface area contributed by atoms with Gasteiger partial charge in [0.05, 0.1) is 16.6 Å². The van der Waals surface area contributed by atoms with Crippen molar-refractivity contribution >= 4 is 68.3 Å². The average molecular weight is 496 g/mol. The van der Waals surface area contributed by atoms with Crippen LogP contribution in [0.3, 0.4) is 0 Å². The molecule has 0 saturated carbocycles. The number of carboxylic acids is 1. The van der Waals surface area contributed by atoms with Gasteiger partial charge in [-0.3, -0.25) is 9.59 Å². The number of carbonyl (C=O) groups is 2. The Kier molecular flexibility index (Phi) is 7.79. The molecule has 2 N–H and O–H groups in total. The van der Waals surface area contributed by atoms with Gasteiger partial charge < -0.3 is 15.2 Å². The van der Waals surface area contributed by atoms with Gasteiger partial charge in [-0.15, -0.1) is 23.2 Å². The van der Waals surface area contributed by atoms with E-state index in [0.29, 0.717) is 27.2 Å². The number of amides is 1. The van der Waals surface area contributed by atoms with Crippen LogP contribution in [0.2, 0.25) is 5.02 Å². The molecule has 9 heteroatoms. The fourth-order valence-corrected chi connectivity index (χ4v) is 3.18. The van der Waals surface area contributed by atoms with Gasteiger partial charge in [0.2, 0.25) is 5.91 Å². The highest BCUT2D eigenvalue weighted by molar-refractivity contribution is 9.10. The normalized spacial score (nSPS) is 12.9. The van der Waals surface area contributed by atoms with E-state index in [1.165, 1.54) is 6.07 Å². The first-order valence-corrected chi connectivity index (χ1v) is 9.87. The van der Waals surface area contributed by atoms with Gasteiger partial charge in [-0.25, -0.2) is 0 Å². The Morgan fingerprint density at radius 1 is 1.26 bits per heavy atom. The lowest BCUT2D eigenvalue weighted by molar-refractivity contribution is -0.138. The van der Waals surface area contributed by atoms with Crippen molar-refractivity contribution < 1.29 is 19.4 Å². The molecule has 2 atom stereocenters. The minimum atomic E-state index is -1.03. The van der Waals surface area contributed by atoms with E-state index in [-0.39, 0.29) is 16.8 Å². The van der Waals surface area contributed by atoms with Gasteiger partial charge in [0.25, 0.3) is 0 Å². The summed E-state index contributed by atoms with van der Waals surface area (Å²) in [6, 6.07) is 9.68. The van der Waals surface area contributed by atoms with Crippen molar-refractivity contribution in [3.8, 4) is 11.5 Å². The second-order valence-electron chi connectivity index (χ2n) is 5.58. The van der Waals surface area contributed by atoms with Crippen molar-refractivity contribution in [2.75, 3.05) is 11.2 Å². The van der Waals surface area contributed by atoms with E-state index in [2.05, 4.69) is 21.2 Å². The maximum absolute atomic E-state index is 11.7. The molecule has 0 aromatic heterocycles. The monoisotopic (exact) mass is 493 g/mol. The summed E-state index contributed by atoms with van der Waals surface area (Å²) in [5.74, 6) is -1.43. The molecule has 0 radical (unpaired) electrons. The third-order valence-electron chi connectivity index (χ3n) is 3.60. The number of carbonyl (C=O) groups excluding carboxylic acids is 1. The molecule has 2 aromatic carbocycles. The maximum Gasteiger partial charge on any atom is 0.312 e. The lowest BCUT2D eigenvalue weighted by Crippen LogP contribution is -2.20. The highest BCUT2D eigenvalue weighted by Crippen LogP contribution is 2.35. The maximum atomic E-state index is 11.7. The van der Waals surface area contributed by atoms with Crippen LogP contribution in [0.1, 0.15) is 18.4 Å². The standard InChI is InChI=1S/C18H15BrCl3NO4/c1-9(21)17(24)23-15-4-3-11(7-13(15)19)27-16-5-2-10(6-14(16)22)12(8-20)18(25)26/h2-7,9,12H,8H2,1H3,(H,23,24)(H,25,26). The Labute approximate surface area is 179 Å². The summed E-state index contributed by atoms with van der Waals surface area (Å²) in [6.45, 7) is 1.58. The number of anilines is 1. The van der Waals surface area contributed by atoms with Crippen LogP contribution in [0.25, 0.3) is 0 Å². The molecule has 0 bridgehead atoms. The van der Waals surface area contributed by atoms with Crippen molar-refractivity contribution in [1.82, 2.24) is 0 Å². The van der Waals surface area contributed by atoms with Crippen LogP contribution in [-0.4, -0.2) is 28.2 Å². The summed E-state index contributed by atoms with van der Waals surface area (Å²) >= 11 is 21.0. The first-order valence-electron chi connectivity index (χ1n) is 7.73. The van der Waals surface area contributed by atoms with Gasteiger partial charge in [-0.1, -0.05) is 17.7 Å². The summed E-state index contributed by atoms with van der Waals surface area (Å²) < 4.78 is 6.35. The Balaban J connectivity index is 2.18. The highest BCUT2D eigenvalue weighted by Gasteiger charge is 2.20. The van der Waals surface area contributed by atoms with Crippen molar-refractivity contribution in [2.45, 2.75) is 18.2 Å². The van der Waals surface area contributed by atoms with Crippen molar-refractivity contribution in [2.24, 2.45) is 0 Å². The largest absolute Gasteiger partial charge is 0.481 e. The molecular formula is C18H15BrCl3NO4. The van der Waals surface area contributed by atoms with E-state index in [0.717, 1.165) is 0 Å². The van der Waals surface area contributed by atoms with E-state index in [1.807, 2.05) is 0 Å². The van der Waals surface area contributed by atoms with E-state index in [1.54, 1.807) is 37.3 Å². The number of carboxylic acid groups (broad SMARTS) is 1. The van der Waals surface area contributed by atoms with Gasteiger partial charge in [-0.2, -0.15) is 0 Å². The number of alkyl halides is 2. The summed E-state index contributed by atoms with van der Waals surface area (Å²) in [5, 5.41) is 11.5. The Bertz CT molecular complexity index is 860. The van der Waals surface area contributed by atoms with E-state index < -0.39 is 17.3 Å². The second kappa shape index (κ2) is 9.64. The van der Waals surface area contributed by atoms with Crippen molar-refractivity contribution in [3.05, 3.63) is 51.5 Å². The summed E-state index contributed by atoms with van der Waals surface area (Å²) in [5.41, 5.74) is 1.04. The molecule has 2 aromatic rings. The number of hydrogen-bond acceptors (Lipinski definition) is 3. The molecular weight excluding hydrogens is 480 g/mol. The number of hydrogen-bond donors (Lipinski definition) is 2. The molecule has 2 unspecified atom stereocenters. The number of rotatable bonds is 7. The zero-order chi connectivity index (χ0) is 20.1. The Morgan fingerprint density at radius 3 is 2.48 bits per heavy atom. The van der Waals surface area contributed by atoms with Crippen LogP contribution in [-0.2, 0) is 9.59 Å². The average Bonchev–Trinajstić information content (AvgIpc) is 2.59. The van der Waals surface area contributed by atoms with Crippen LogP contribution >= 0.6 is 50.7 Å². The zero-order valence-electron chi connectivity index (χ0n) is 14.0. The number of nitrogens with one attached hydrogen (secondary N) is 1. The van der Waals surface area contributed by atoms with Crippen LogP contribution < -0.4 is 10.1 Å². The number of benzene rings is 2. The molecule has 27 heavy (non-hydrogen) atoms. The van der Waals surface area contributed by atoms with Crippen LogP contribution in [0, 0.1) is 0 Å². The smallest absolute Gasteiger partial charge is 0.312 e. The molecule has 0 aliphatic rings. The molecule has 0 heterocycles. The predicted octanol–water partition coefficient (Wildman–Crippen LogP) is 5.87. The van der Waals surface area contributed by atoms with Gasteiger partial charge in [0, 0.05) is 10.4 Å². The molecule has 1 amide bonds. The summed E-state index contributed by atoms with van der Waals surface area (Å²) in [6.07, 6.45) is 0. The Morgan fingerprint density at radius 2 is 1.96 bits per heavy atom. The van der Waals surface area contributed by atoms with Crippen molar-refractivity contribution in [3.63, 3.8) is 0 Å². The fourth-order valence-electron chi connectivity index (χ4n) is 2.13. The first-order chi connectivity index (χ1) is 12.7. The fraction of sp³-hybridized carbons (Fsp3) is 0.222. The summed E-state index contributed by atoms with van der Waals surface area (Å²) in [7, 11) is 0. The van der Waals surface area contributed by atoms with Gasteiger partial charge in [0.1, 0.15) is 16.9 Å². The number of aliphatic carboxylic acids is 1. The van der Waals surface area contributed by atoms with Gasteiger partial charge in [-0.05, 0) is 58.7 Å². The molecule has 0 aliphatic heterocycles.